The van der Waals surface area contributed by atoms with Crippen molar-refractivity contribution >= 4 is 44.6 Å². The van der Waals surface area contributed by atoms with Crippen molar-refractivity contribution < 1.29 is 64.5 Å². The predicted molar refractivity (Wildman–Crippen MR) is 211 cm³/mol. The monoisotopic (exact) mass is 881 g/mol. The van der Waals surface area contributed by atoms with E-state index in [1.807, 2.05) is 11.6 Å². The summed E-state index contributed by atoms with van der Waals surface area (Å²) in [6.45, 7) is 0.633. The van der Waals surface area contributed by atoms with Crippen LogP contribution in [-0.2, 0) is 29.1 Å². The molecule has 61 heavy (non-hydrogen) atoms. The second-order valence-corrected chi connectivity index (χ2v) is 19.4. The highest BCUT2D eigenvalue weighted by molar-refractivity contribution is 7.91. The Bertz CT molecular complexity index is 2180. The third kappa shape index (κ3) is 8.09. The van der Waals surface area contributed by atoms with E-state index in [0.717, 1.165) is 4.90 Å². The SMILES string of the molecule is COc1cnc(O[C@@H]2C[C@H]3C(=O)N[C@]4(C(=O)NS(=O)(=O)C5(CF)CC5)C[C@H]4/C=C\CC[C@@H](C)C[C@@H](C)[C@H](N(C(=O)O)C4(C(F)(F)F)CCCOC4)C(=O)N3C2)c2ccccc12. The van der Waals surface area contributed by atoms with Crippen molar-refractivity contribution in [3.05, 3.63) is 42.6 Å². The Morgan fingerprint density at radius 3 is 2.48 bits per heavy atom. The molecule has 8 atom stereocenters. The number of pyridine rings is 1. The molecule has 0 radical (unpaired) electrons. The van der Waals surface area contributed by atoms with Gasteiger partial charge in [-0.3, -0.25) is 24.0 Å². The van der Waals surface area contributed by atoms with Crippen LogP contribution in [0.15, 0.2) is 42.6 Å². The lowest BCUT2D eigenvalue weighted by Gasteiger charge is -2.50. The van der Waals surface area contributed by atoms with Crippen LogP contribution in [0.2, 0.25) is 0 Å². The van der Waals surface area contributed by atoms with Crippen LogP contribution >= 0.6 is 0 Å². The third-order valence-electron chi connectivity index (χ3n) is 13.1. The molecule has 3 N–H and O–H groups in total. The minimum atomic E-state index is -5.17. The molecule has 1 aromatic heterocycles. The van der Waals surface area contributed by atoms with E-state index in [4.69, 9.17) is 14.2 Å². The zero-order valence-electron chi connectivity index (χ0n) is 34.1. The lowest BCUT2D eigenvalue weighted by atomic mass is 9.82. The number of nitrogens with one attached hydrogen (secondary N) is 2. The Labute approximate surface area is 350 Å². The first kappa shape index (κ1) is 44.3. The van der Waals surface area contributed by atoms with Gasteiger partial charge in [-0.15, -0.1) is 0 Å². The molecule has 1 unspecified atom stereocenters. The van der Waals surface area contributed by atoms with Gasteiger partial charge < -0.3 is 29.5 Å². The number of methoxy groups -OCH3 is 1. The first-order valence-corrected chi connectivity index (χ1v) is 22.0. The van der Waals surface area contributed by atoms with Gasteiger partial charge in [0.2, 0.25) is 27.7 Å². The third-order valence-corrected chi connectivity index (χ3v) is 15.2. The largest absolute Gasteiger partial charge is 0.494 e. The highest BCUT2D eigenvalue weighted by Crippen LogP contribution is 2.49. The van der Waals surface area contributed by atoms with E-state index >= 15 is 18.0 Å². The number of nitrogens with zero attached hydrogens (tertiary/aromatic N) is 3. The number of halogens is 4. The van der Waals surface area contributed by atoms with Gasteiger partial charge >= 0.3 is 12.3 Å². The number of hydrogen-bond acceptors (Lipinski definition) is 10. The number of carbonyl (C=O) groups is 4. The molecule has 334 valence electrons. The van der Waals surface area contributed by atoms with Crippen LogP contribution in [0.3, 0.4) is 0 Å². The maximum absolute atomic E-state index is 15.4. The number of fused-ring (bicyclic) bond motifs is 3. The van der Waals surface area contributed by atoms with Crippen molar-refractivity contribution in [2.24, 2.45) is 17.8 Å². The molecule has 15 nitrogen and oxygen atoms in total. The highest BCUT2D eigenvalue weighted by Gasteiger charge is 2.66. The molecular weight excluding hydrogens is 831 g/mol. The van der Waals surface area contributed by atoms with Crippen LogP contribution in [0, 0.1) is 17.8 Å². The summed E-state index contributed by atoms with van der Waals surface area (Å²) >= 11 is 0. The van der Waals surface area contributed by atoms with E-state index in [-0.39, 0.29) is 61.8 Å². The lowest BCUT2D eigenvalue weighted by Crippen LogP contribution is -2.71. The highest BCUT2D eigenvalue weighted by atomic mass is 32.2. The molecule has 2 aromatic rings. The number of allylic oxidation sites excluding steroid dienone is 1. The number of carbonyl (C=O) groups excluding carboxylic acids is 3. The zero-order valence-corrected chi connectivity index (χ0v) is 34.9. The second-order valence-electron chi connectivity index (χ2n) is 17.3. The van der Waals surface area contributed by atoms with Crippen LogP contribution in [0.5, 0.6) is 11.6 Å². The summed E-state index contributed by atoms with van der Waals surface area (Å²) in [5.74, 6) is -4.57. The summed E-state index contributed by atoms with van der Waals surface area (Å²) in [6, 6.07) is 3.46. The number of alkyl halides is 4. The second kappa shape index (κ2) is 16.5. The summed E-state index contributed by atoms with van der Waals surface area (Å²) in [5.41, 5.74) is -4.95. The Kier molecular flexibility index (Phi) is 12.0. The molecule has 4 heterocycles. The number of benzene rings is 1. The van der Waals surface area contributed by atoms with Crippen LogP contribution in [0.25, 0.3) is 10.8 Å². The minimum absolute atomic E-state index is 0.000556. The summed E-state index contributed by atoms with van der Waals surface area (Å²) in [5, 5.41) is 14.6. The first-order chi connectivity index (χ1) is 28.8. The van der Waals surface area contributed by atoms with Gasteiger partial charge in [0, 0.05) is 29.7 Å². The lowest BCUT2D eigenvalue weighted by molar-refractivity contribution is -0.260. The maximum atomic E-state index is 15.4. The normalized spacial score (nSPS) is 32.3. The van der Waals surface area contributed by atoms with Crippen molar-refractivity contribution in [2.75, 3.05) is 33.5 Å². The Hall–Kier alpha value is -4.72. The fourth-order valence-corrected chi connectivity index (χ4v) is 10.8. The summed E-state index contributed by atoms with van der Waals surface area (Å²) in [4.78, 5) is 62.8. The summed E-state index contributed by atoms with van der Waals surface area (Å²) < 4.78 is 104. The standard InChI is InChI=1S/C41H51F4N5O10S/c1-24-9-4-5-10-26-19-40(26,36(53)48-61(56,57)38(22-42)14-15-38)47-33(51)30-18-27(60-34-29-12-7-6-11-28(29)31(58-3)20-46-34)21-49(30)35(52)32(25(2)17-24)50(37(54)55)39(41(43,44)45)13-8-16-59-23-39/h5-7,10-12,20,24-27,30,32H,4,8-9,13-19,21-23H2,1-3H3,(H,47,51)(H,48,53)(H,54,55)/b10-5-/t24-,25-,26-,27-,30+,32+,39?,40-/m1/s1. The van der Waals surface area contributed by atoms with Crippen LogP contribution < -0.4 is 19.5 Å². The Morgan fingerprint density at radius 2 is 1.85 bits per heavy atom. The molecule has 4 amide bonds. The molecule has 4 fully saturated rings. The van der Waals surface area contributed by atoms with E-state index in [1.54, 1.807) is 36.4 Å². The first-order valence-electron chi connectivity index (χ1n) is 20.5. The topological polar surface area (TPSA) is 194 Å². The zero-order chi connectivity index (χ0) is 44.1. The predicted octanol–water partition coefficient (Wildman–Crippen LogP) is 4.89. The molecule has 20 heteroatoms. The maximum Gasteiger partial charge on any atom is 0.414 e. The number of carboxylic acid groups (broad SMARTS) is 1. The molecule has 7 rings (SSSR count). The van der Waals surface area contributed by atoms with Gasteiger partial charge in [0.25, 0.3) is 5.91 Å². The fraction of sp³-hybridized carbons (Fsp3) is 0.634. The van der Waals surface area contributed by atoms with E-state index in [9.17, 15) is 32.3 Å². The number of hydrogen-bond donors (Lipinski definition) is 3. The number of amides is 4. The van der Waals surface area contributed by atoms with Gasteiger partial charge in [0.1, 0.15) is 40.9 Å². The molecule has 0 spiro atoms. The number of aromatic nitrogens is 1. The van der Waals surface area contributed by atoms with E-state index in [0.29, 0.717) is 29.4 Å². The minimum Gasteiger partial charge on any atom is -0.494 e. The van der Waals surface area contributed by atoms with Crippen LogP contribution in [-0.4, -0.2) is 126 Å². The van der Waals surface area contributed by atoms with Crippen molar-refractivity contribution in [3.8, 4) is 11.6 Å². The van der Waals surface area contributed by atoms with Crippen LogP contribution in [0.1, 0.15) is 71.6 Å². The Balaban J connectivity index is 1.31. The van der Waals surface area contributed by atoms with Crippen molar-refractivity contribution in [3.63, 3.8) is 0 Å². The molecule has 5 aliphatic rings. The average molecular weight is 882 g/mol. The van der Waals surface area contributed by atoms with Gasteiger partial charge in [0.15, 0.2) is 5.54 Å². The van der Waals surface area contributed by atoms with E-state index in [1.165, 1.54) is 20.2 Å². The van der Waals surface area contributed by atoms with Gasteiger partial charge in [0.05, 0.1) is 26.5 Å². The Morgan fingerprint density at radius 1 is 1.13 bits per heavy atom. The number of rotatable bonds is 9. The molecule has 0 bridgehead atoms. The number of ether oxygens (including phenoxy) is 3. The van der Waals surface area contributed by atoms with Crippen molar-refractivity contribution in [2.45, 2.75) is 112 Å². The fourth-order valence-electron chi connectivity index (χ4n) is 9.35. The van der Waals surface area contributed by atoms with Gasteiger partial charge in [-0.05, 0) is 69.3 Å². The van der Waals surface area contributed by atoms with Gasteiger partial charge in [-0.25, -0.2) is 22.6 Å². The van der Waals surface area contributed by atoms with Crippen LogP contribution in [0.4, 0.5) is 22.4 Å². The van der Waals surface area contributed by atoms with E-state index in [2.05, 4.69) is 10.3 Å². The quantitative estimate of drug-likeness (QED) is 0.230. The van der Waals surface area contributed by atoms with E-state index < -0.39 is 112 Å². The molecule has 2 saturated carbocycles. The van der Waals surface area contributed by atoms with Gasteiger partial charge in [-0.2, -0.15) is 13.2 Å². The van der Waals surface area contributed by atoms with Crippen molar-refractivity contribution in [1.29, 1.82) is 0 Å². The summed E-state index contributed by atoms with van der Waals surface area (Å²) in [6.07, 6.45) is -3.49. The molecule has 2 aliphatic carbocycles. The van der Waals surface area contributed by atoms with Gasteiger partial charge in [-0.1, -0.05) is 44.2 Å². The average Bonchev–Trinajstić information content (AvgIpc) is 4.12. The summed E-state index contributed by atoms with van der Waals surface area (Å²) in [7, 11) is -3.05. The molecule has 2 saturated heterocycles. The molecule has 1 aromatic carbocycles. The smallest absolute Gasteiger partial charge is 0.414 e. The molecular formula is C41H51F4N5O10S. The number of sulfonamides is 1. The van der Waals surface area contributed by atoms with Crippen molar-refractivity contribution in [1.82, 2.24) is 24.8 Å². The molecule has 3 aliphatic heterocycles.